The number of carbonyl (C=O) groups is 1. The van der Waals surface area contributed by atoms with Crippen molar-refractivity contribution in [3.63, 3.8) is 0 Å². The van der Waals surface area contributed by atoms with Crippen molar-refractivity contribution >= 4 is 5.91 Å². The van der Waals surface area contributed by atoms with E-state index in [-0.39, 0.29) is 24.7 Å². The smallest absolute Gasteiger partial charge is 0.260 e. The second kappa shape index (κ2) is 8.32. The molecule has 1 amide bonds. The van der Waals surface area contributed by atoms with Crippen molar-refractivity contribution in [2.24, 2.45) is 5.92 Å². The molecule has 1 aromatic rings. The number of nitrogens with zero attached hydrogens (tertiary/aromatic N) is 2. The predicted octanol–water partition coefficient (Wildman–Crippen LogP) is 1.98. The largest absolute Gasteiger partial charge is 0.482 e. The van der Waals surface area contributed by atoms with Crippen LogP contribution in [-0.2, 0) is 14.3 Å². The van der Waals surface area contributed by atoms with Gasteiger partial charge < -0.3 is 19.1 Å². The SMILES string of the molecule is CO[C@@H]1CCC[C@@H]1[C@H]1COCCN1C(=O)COc1ccccc1C#N. The summed E-state index contributed by atoms with van der Waals surface area (Å²) in [4.78, 5) is 14.6. The molecule has 1 heterocycles. The average molecular weight is 344 g/mol. The molecule has 1 aromatic carbocycles. The highest BCUT2D eigenvalue weighted by molar-refractivity contribution is 5.78. The standard InChI is InChI=1S/C19H24N2O4/c1-23-18-8-4-6-15(18)16-12-24-10-9-21(16)19(22)13-25-17-7-3-2-5-14(17)11-20/h2-3,5,7,15-16,18H,4,6,8-10,12-13H2,1H3/t15-,16-,18-/m1/s1. The molecule has 6 nitrogen and oxygen atoms in total. The zero-order valence-electron chi connectivity index (χ0n) is 14.5. The molecule has 6 heteroatoms. The Morgan fingerprint density at radius 3 is 3.04 bits per heavy atom. The van der Waals surface area contributed by atoms with Crippen molar-refractivity contribution in [2.45, 2.75) is 31.4 Å². The molecule has 1 aliphatic carbocycles. The van der Waals surface area contributed by atoms with Crippen LogP contribution in [0, 0.1) is 17.2 Å². The number of nitriles is 1. The Morgan fingerprint density at radius 1 is 1.40 bits per heavy atom. The molecule has 134 valence electrons. The fourth-order valence-electron chi connectivity index (χ4n) is 3.88. The van der Waals surface area contributed by atoms with Gasteiger partial charge in [0.05, 0.1) is 30.9 Å². The second-order valence-electron chi connectivity index (χ2n) is 6.49. The molecule has 0 radical (unpaired) electrons. The summed E-state index contributed by atoms with van der Waals surface area (Å²) in [5.41, 5.74) is 0.434. The van der Waals surface area contributed by atoms with Crippen molar-refractivity contribution in [3.05, 3.63) is 29.8 Å². The Kier molecular flexibility index (Phi) is 5.90. The van der Waals surface area contributed by atoms with E-state index in [2.05, 4.69) is 6.07 Å². The maximum absolute atomic E-state index is 12.8. The van der Waals surface area contributed by atoms with Gasteiger partial charge in [0.1, 0.15) is 11.8 Å². The van der Waals surface area contributed by atoms with Gasteiger partial charge in [-0.15, -0.1) is 0 Å². The Labute approximate surface area is 148 Å². The number of ether oxygens (including phenoxy) is 3. The summed E-state index contributed by atoms with van der Waals surface area (Å²) >= 11 is 0. The minimum absolute atomic E-state index is 0.0310. The number of hydrogen-bond donors (Lipinski definition) is 0. The zero-order chi connectivity index (χ0) is 17.6. The van der Waals surface area contributed by atoms with E-state index >= 15 is 0 Å². The molecule has 2 fully saturated rings. The van der Waals surface area contributed by atoms with Crippen LogP contribution >= 0.6 is 0 Å². The highest BCUT2D eigenvalue weighted by Gasteiger charge is 2.40. The van der Waals surface area contributed by atoms with E-state index in [0.717, 1.165) is 19.3 Å². The molecular formula is C19H24N2O4. The molecule has 25 heavy (non-hydrogen) atoms. The highest BCUT2D eigenvalue weighted by atomic mass is 16.5. The average Bonchev–Trinajstić information content (AvgIpc) is 3.15. The first-order valence-electron chi connectivity index (χ1n) is 8.76. The van der Waals surface area contributed by atoms with Crippen molar-refractivity contribution < 1.29 is 19.0 Å². The lowest BCUT2D eigenvalue weighted by Gasteiger charge is -2.40. The van der Waals surface area contributed by atoms with E-state index in [1.807, 2.05) is 4.90 Å². The van der Waals surface area contributed by atoms with Crippen LogP contribution in [-0.4, -0.2) is 56.4 Å². The Bertz CT molecular complexity index is 643. The summed E-state index contributed by atoms with van der Waals surface area (Å²) in [6.07, 6.45) is 3.38. The molecule has 0 spiro atoms. The highest BCUT2D eigenvalue weighted by Crippen LogP contribution is 2.34. The molecule has 2 aliphatic rings. The fraction of sp³-hybridized carbons (Fsp3) is 0.579. The van der Waals surface area contributed by atoms with Gasteiger partial charge in [-0.1, -0.05) is 18.6 Å². The van der Waals surface area contributed by atoms with Crippen LogP contribution in [0.25, 0.3) is 0 Å². The maximum atomic E-state index is 12.8. The Morgan fingerprint density at radius 2 is 2.24 bits per heavy atom. The first-order valence-corrected chi connectivity index (χ1v) is 8.76. The molecular weight excluding hydrogens is 320 g/mol. The van der Waals surface area contributed by atoms with Crippen molar-refractivity contribution in [1.29, 1.82) is 5.26 Å². The summed E-state index contributed by atoms with van der Waals surface area (Å²) in [6, 6.07) is 9.06. The summed E-state index contributed by atoms with van der Waals surface area (Å²) in [7, 11) is 1.74. The van der Waals surface area contributed by atoms with Gasteiger partial charge in [-0.25, -0.2) is 0 Å². The van der Waals surface area contributed by atoms with Gasteiger partial charge in [-0.05, 0) is 25.0 Å². The molecule has 1 saturated heterocycles. The summed E-state index contributed by atoms with van der Waals surface area (Å²) in [5, 5.41) is 9.12. The summed E-state index contributed by atoms with van der Waals surface area (Å²) in [6.45, 7) is 1.59. The minimum Gasteiger partial charge on any atom is -0.482 e. The third-order valence-corrected chi connectivity index (χ3v) is 5.15. The van der Waals surface area contributed by atoms with Crippen LogP contribution in [0.2, 0.25) is 0 Å². The van der Waals surface area contributed by atoms with Crippen molar-refractivity contribution in [2.75, 3.05) is 33.5 Å². The van der Waals surface area contributed by atoms with Gasteiger partial charge in [0.25, 0.3) is 5.91 Å². The second-order valence-corrected chi connectivity index (χ2v) is 6.49. The van der Waals surface area contributed by atoms with Crippen LogP contribution in [0.5, 0.6) is 5.75 Å². The first-order chi connectivity index (χ1) is 12.2. The van der Waals surface area contributed by atoms with Crippen molar-refractivity contribution in [1.82, 2.24) is 4.90 Å². The lowest BCUT2D eigenvalue weighted by Crippen LogP contribution is -2.54. The van der Waals surface area contributed by atoms with Crippen molar-refractivity contribution in [3.8, 4) is 11.8 Å². The monoisotopic (exact) mass is 344 g/mol. The van der Waals surface area contributed by atoms with Crippen LogP contribution < -0.4 is 4.74 Å². The molecule has 0 aromatic heterocycles. The number of hydrogen-bond acceptors (Lipinski definition) is 5. The third kappa shape index (κ3) is 3.94. The molecule has 0 N–H and O–H groups in total. The normalized spacial score (nSPS) is 26.2. The van der Waals surface area contributed by atoms with E-state index < -0.39 is 0 Å². The van der Waals surface area contributed by atoms with E-state index in [1.54, 1.807) is 31.4 Å². The first kappa shape index (κ1) is 17.7. The van der Waals surface area contributed by atoms with E-state index in [1.165, 1.54) is 0 Å². The van der Waals surface area contributed by atoms with Gasteiger partial charge in [0, 0.05) is 19.6 Å². The van der Waals surface area contributed by atoms with Crippen LogP contribution in [0.4, 0.5) is 0 Å². The van der Waals surface area contributed by atoms with Gasteiger partial charge in [0.2, 0.25) is 0 Å². The quantitative estimate of drug-likeness (QED) is 0.817. The van der Waals surface area contributed by atoms with Gasteiger partial charge in [-0.2, -0.15) is 5.26 Å². The lowest BCUT2D eigenvalue weighted by atomic mass is 9.94. The molecule has 0 unspecified atom stereocenters. The topological polar surface area (TPSA) is 71.8 Å². The van der Waals surface area contributed by atoms with Gasteiger partial charge in [0.15, 0.2) is 6.61 Å². The van der Waals surface area contributed by atoms with E-state index in [0.29, 0.717) is 37.0 Å². The van der Waals surface area contributed by atoms with Crippen LogP contribution in [0.1, 0.15) is 24.8 Å². The van der Waals surface area contributed by atoms with Gasteiger partial charge >= 0.3 is 0 Å². The Hall–Kier alpha value is -2.10. The molecule has 3 atom stereocenters. The number of benzene rings is 1. The fourth-order valence-corrected chi connectivity index (χ4v) is 3.88. The number of morpholine rings is 1. The molecule has 0 bridgehead atoms. The number of para-hydroxylation sites is 1. The van der Waals surface area contributed by atoms with Gasteiger partial charge in [-0.3, -0.25) is 4.79 Å². The number of rotatable bonds is 5. The maximum Gasteiger partial charge on any atom is 0.260 e. The number of methoxy groups -OCH3 is 1. The van der Waals surface area contributed by atoms with E-state index in [4.69, 9.17) is 19.5 Å². The van der Waals surface area contributed by atoms with Crippen LogP contribution in [0.15, 0.2) is 24.3 Å². The zero-order valence-corrected chi connectivity index (χ0v) is 14.5. The molecule has 1 aliphatic heterocycles. The molecule has 3 rings (SSSR count). The third-order valence-electron chi connectivity index (χ3n) is 5.15. The van der Waals surface area contributed by atoms with Crippen LogP contribution in [0.3, 0.4) is 0 Å². The Balaban J connectivity index is 1.66. The predicted molar refractivity (Wildman–Crippen MR) is 91.1 cm³/mol. The number of carbonyl (C=O) groups excluding carboxylic acids is 1. The van der Waals surface area contributed by atoms with E-state index in [9.17, 15) is 4.79 Å². The summed E-state index contributed by atoms with van der Waals surface area (Å²) < 4.78 is 16.9. The molecule has 1 saturated carbocycles. The summed E-state index contributed by atoms with van der Waals surface area (Å²) in [5.74, 6) is 0.683. The lowest BCUT2D eigenvalue weighted by molar-refractivity contribution is -0.146. The number of amides is 1. The minimum atomic E-state index is -0.0699.